The summed E-state index contributed by atoms with van der Waals surface area (Å²) in [5.74, 6) is -0.241. The number of fused-ring (bicyclic) bond motifs is 1. The van der Waals surface area contributed by atoms with Crippen LogP contribution >= 0.6 is 0 Å². The average molecular weight is 528 g/mol. The Kier molecular flexibility index (Phi) is 8.89. The summed E-state index contributed by atoms with van der Waals surface area (Å²) in [6.45, 7) is 20.8. The van der Waals surface area contributed by atoms with Gasteiger partial charge in [0.05, 0.1) is 11.0 Å². The average Bonchev–Trinajstić information content (AvgIpc) is 3.31. The van der Waals surface area contributed by atoms with E-state index in [1.807, 2.05) is 6.07 Å². The molecule has 0 N–H and O–H groups in total. The molecular weight excluding hydrogens is 482 g/mol. The number of carbonyl (C=O) groups is 1. The minimum Gasteiger partial charge on any atom is -0.453 e. The van der Waals surface area contributed by atoms with Crippen molar-refractivity contribution in [3.8, 4) is 0 Å². The van der Waals surface area contributed by atoms with E-state index in [2.05, 4.69) is 124 Å². The fourth-order valence-corrected chi connectivity index (χ4v) is 6.08. The molecule has 0 aromatic heterocycles. The third kappa shape index (κ3) is 5.24. The molecule has 0 amide bonds. The second-order valence-corrected chi connectivity index (χ2v) is 10.4. The Morgan fingerprint density at radius 3 is 1.41 bits per heavy atom. The molecule has 0 radical (unpaired) electrons. The van der Waals surface area contributed by atoms with Gasteiger partial charge < -0.3 is 19.4 Å². The lowest BCUT2D eigenvalue weighted by Crippen LogP contribution is -2.32. The van der Waals surface area contributed by atoms with E-state index in [-0.39, 0.29) is 5.97 Å². The molecule has 0 spiro atoms. The molecule has 3 aromatic carbocycles. The quantitative estimate of drug-likeness (QED) is 0.229. The fourth-order valence-electron chi connectivity index (χ4n) is 6.08. The Hall–Kier alpha value is -3.47. The Morgan fingerprint density at radius 2 is 1.00 bits per heavy atom. The van der Waals surface area contributed by atoms with E-state index in [1.54, 1.807) is 0 Å². The molecular formula is C34H45N3O2. The van der Waals surface area contributed by atoms with Crippen molar-refractivity contribution in [3.05, 3.63) is 89.0 Å². The maximum Gasteiger partial charge on any atom is 0.339 e. The van der Waals surface area contributed by atoms with Crippen molar-refractivity contribution < 1.29 is 9.53 Å². The molecule has 208 valence electrons. The van der Waals surface area contributed by atoms with E-state index in [1.165, 1.54) is 11.4 Å². The number of anilines is 3. The zero-order chi connectivity index (χ0) is 28.2. The molecule has 1 unspecified atom stereocenters. The Morgan fingerprint density at radius 1 is 0.615 bits per heavy atom. The number of hydrogen-bond acceptors (Lipinski definition) is 5. The van der Waals surface area contributed by atoms with Crippen LogP contribution in [0.15, 0.2) is 66.7 Å². The molecule has 1 heterocycles. The number of ether oxygens (including phenoxy) is 1. The van der Waals surface area contributed by atoms with Crippen LogP contribution in [-0.2, 0) is 10.2 Å². The van der Waals surface area contributed by atoms with E-state index in [0.717, 1.165) is 61.6 Å². The number of benzene rings is 3. The first-order valence-electron chi connectivity index (χ1n) is 14.7. The van der Waals surface area contributed by atoms with Crippen LogP contribution in [0, 0.1) is 0 Å². The third-order valence-corrected chi connectivity index (χ3v) is 8.61. The van der Waals surface area contributed by atoms with Crippen LogP contribution in [0.5, 0.6) is 0 Å². The first-order valence-corrected chi connectivity index (χ1v) is 14.7. The van der Waals surface area contributed by atoms with Gasteiger partial charge in [-0.15, -0.1) is 0 Å². The molecule has 3 aromatic rings. The summed E-state index contributed by atoms with van der Waals surface area (Å²) >= 11 is 0. The zero-order valence-corrected chi connectivity index (χ0v) is 24.8. The van der Waals surface area contributed by atoms with Gasteiger partial charge in [0.2, 0.25) is 0 Å². The summed E-state index contributed by atoms with van der Waals surface area (Å²) in [6.07, 6.45) is -0.427. The summed E-state index contributed by atoms with van der Waals surface area (Å²) in [6, 6.07) is 23.9. The molecule has 1 atom stereocenters. The van der Waals surface area contributed by atoms with Gasteiger partial charge in [-0.25, -0.2) is 4.79 Å². The van der Waals surface area contributed by atoms with Gasteiger partial charge in [0.25, 0.3) is 0 Å². The second-order valence-electron chi connectivity index (χ2n) is 10.4. The number of esters is 1. The lowest BCUT2D eigenvalue weighted by molar-refractivity contribution is 0.0243. The lowest BCUT2D eigenvalue weighted by atomic mass is 9.70. The standard InChI is InChI=1S/C34H45N3O2/c1-8-35(9-2)27-18-14-25(15-19-27)34(7,26-16-20-28(21-17-26)36(10-3)11-4)32-30-23-22-29(37(12-5)13-6)24-31(30)33(38)39-32/h14-24,32H,8-13H2,1-7H3. The Labute approximate surface area is 235 Å². The van der Waals surface area contributed by atoms with Crippen LogP contribution < -0.4 is 14.7 Å². The molecule has 5 nitrogen and oxygen atoms in total. The van der Waals surface area contributed by atoms with Crippen molar-refractivity contribution in [2.75, 3.05) is 54.0 Å². The Bertz CT molecular complexity index is 1180. The van der Waals surface area contributed by atoms with Gasteiger partial charge in [0.15, 0.2) is 0 Å². The van der Waals surface area contributed by atoms with Gasteiger partial charge in [-0.05, 0) is 96.0 Å². The van der Waals surface area contributed by atoms with E-state index < -0.39 is 11.5 Å². The molecule has 0 saturated carbocycles. The minimum absolute atomic E-state index is 0.241. The molecule has 0 aliphatic carbocycles. The molecule has 4 rings (SSSR count). The van der Waals surface area contributed by atoms with E-state index in [4.69, 9.17) is 4.74 Å². The van der Waals surface area contributed by atoms with E-state index >= 15 is 0 Å². The van der Waals surface area contributed by atoms with Crippen LogP contribution in [0.4, 0.5) is 17.1 Å². The summed E-state index contributed by atoms with van der Waals surface area (Å²) in [5.41, 5.74) is 6.80. The van der Waals surface area contributed by atoms with Gasteiger partial charge in [0.1, 0.15) is 6.10 Å². The number of carbonyl (C=O) groups excluding carboxylic acids is 1. The minimum atomic E-state index is -0.568. The molecule has 5 heteroatoms. The first-order chi connectivity index (χ1) is 18.9. The highest BCUT2D eigenvalue weighted by molar-refractivity contribution is 5.95. The predicted molar refractivity (Wildman–Crippen MR) is 165 cm³/mol. The van der Waals surface area contributed by atoms with Crippen molar-refractivity contribution in [2.45, 2.75) is 60.0 Å². The van der Waals surface area contributed by atoms with Crippen molar-refractivity contribution in [1.82, 2.24) is 0 Å². The molecule has 0 bridgehead atoms. The van der Waals surface area contributed by atoms with Crippen LogP contribution in [0.3, 0.4) is 0 Å². The molecule has 39 heavy (non-hydrogen) atoms. The highest BCUT2D eigenvalue weighted by Gasteiger charge is 2.47. The lowest BCUT2D eigenvalue weighted by Gasteiger charge is -2.37. The SMILES string of the molecule is CCN(CC)c1ccc(C(C)(c2ccc(N(CC)CC)cc2)C2OC(=O)c3cc(N(CC)CC)ccc32)cc1. The van der Waals surface area contributed by atoms with Crippen molar-refractivity contribution in [2.24, 2.45) is 0 Å². The largest absolute Gasteiger partial charge is 0.453 e. The van der Waals surface area contributed by atoms with Crippen molar-refractivity contribution in [1.29, 1.82) is 0 Å². The first kappa shape index (κ1) is 28.5. The van der Waals surface area contributed by atoms with Gasteiger partial charge in [-0.2, -0.15) is 0 Å². The summed E-state index contributed by atoms with van der Waals surface area (Å²) < 4.78 is 6.27. The number of nitrogens with zero attached hydrogens (tertiary/aromatic N) is 3. The smallest absolute Gasteiger partial charge is 0.339 e. The number of rotatable bonds is 12. The predicted octanol–water partition coefficient (Wildman–Crippen LogP) is 7.44. The third-order valence-electron chi connectivity index (χ3n) is 8.61. The van der Waals surface area contributed by atoms with Gasteiger partial charge >= 0.3 is 5.97 Å². The van der Waals surface area contributed by atoms with Crippen LogP contribution in [0.2, 0.25) is 0 Å². The topological polar surface area (TPSA) is 36.0 Å². The fraction of sp³-hybridized carbons (Fsp3) is 0.441. The Balaban J connectivity index is 1.84. The summed E-state index contributed by atoms with van der Waals surface area (Å²) in [5, 5.41) is 0. The van der Waals surface area contributed by atoms with Crippen molar-refractivity contribution >= 4 is 23.0 Å². The zero-order valence-electron chi connectivity index (χ0n) is 24.8. The number of hydrogen-bond donors (Lipinski definition) is 0. The van der Waals surface area contributed by atoms with E-state index in [0.29, 0.717) is 5.56 Å². The molecule has 1 aliphatic rings. The van der Waals surface area contributed by atoms with Crippen LogP contribution in [0.1, 0.15) is 81.6 Å². The van der Waals surface area contributed by atoms with Crippen LogP contribution in [-0.4, -0.2) is 45.2 Å². The summed E-state index contributed by atoms with van der Waals surface area (Å²) in [4.78, 5) is 20.3. The van der Waals surface area contributed by atoms with Crippen LogP contribution in [0.25, 0.3) is 0 Å². The highest BCUT2D eigenvalue weighted by Crippen LogP contribution is 2.50. The molecule has 0 saturated heterocycles. The second kappa shape index (κ2) is 12.1. The molecule has 0 fully saturated rings. The summed E-state index contributed by atoms with van der Waals surface area (Å²) in [7, 11) is 0. The van der Waals surface area contributed by atoms with Gasteiger partial charge in [-0.3, -0.25) is 0 Å². The van der Waals surface area contributed by atoms with Gasteiger partial charge in [-0.1, -0.05) is 30.3 Å². The maximum absolute atomic E-state index is 13.3. The maximum atomic E-state index is 13.3. The van der Waals surface area contributed by atoms with Gasteiger partial charge in [0, 0.05) is 61.9 Å². The number of cyclic esters (lactones) is 1. The molecule has 1 aliphatic heterocycles. The normalized spacial score (nSPS) is 14.6. The van der Waals surface area contributed by atoms with Crippen molar-refractivity contribution in [3.63, 3.8) is 0 Å². The monoisotopic (exact) mass is 527 g/mol. The van der Waals surface area contributed by atoms with E-state index in [9.17, 15) is 4.79 Å². The highest BCUT2D eigenvalue weighted by atomic mass is 16.5.